The molecular formula is C14H17NO3S2. The molecule has 20 heavy (non-hydrogen) atoms. The number of hydrogen-bond donors (Lipinski definition) is 2. The number of rotatable bonds is 6. The maximum absolute atomic E-state index is 12.3. The van der Waals surface area contributed by atoms with Crippen LogP contribution in [0.4, 0.5) is 5.69 Å². The SMILES string of the molecule is CCCc1ccccc1NS(=O)(=O)c1ccc(CO)s1. The fourth-order valence-electron chi connectivity index (χ4n) is 1.89. The molecule has 4 nitrogen and oxygen atoms in total. The van der Waals surface area contributed by atoms with Crippen molar-refractivity contribution in [1.82, 2.24) is 0 Å². The Hall–Kier alpha value is -1.37. The number of hydrogen-bond acceptors (Lipinski definition) is 4. The van der Waals surface area contributed by atoms with Crippen molar-refractivity contribution in [1.29, 1.82) is 0 Å². The Morgan fingerprint density at radius 3 is 2.60 bits per heavy atom. The summed E-state index contributed by atoms with van der Waals surface area (Å²) < 4.78 is 27.5. The van der Waals surface area contributed by atoms with Gasteiger partial charge in [-0.15, -0.1) is 11.3 Å². The van der Waals surface area contributed by atoms with E-state index in [2.05, 4.69) is 11.6 Å². The number of thiophene rings is 1. The maximum atomic E-state index is 12.3. The zero-order chi connectivity index (χ0) is 14.6. The topological polar surface area (TPSA) is 66.4 Å². The van der Waals surface area contributed by atoms with Gasteiger partial charge in [-0.05, 0) is 30.2 Å². The Labute approximate surface area is 123 Å². The minimum atomic E-state index is -3.59. The zero-order valence-electron chi connectivity index (χ0n) is 11.2. The van der Waals surface area contributed by atoms with Crippen LogP contribution in [0.15, 0.2) is 40.6 Å². The quantitative estimate of drug-likeness (QED) is 0.862. The highest BCUT2D eigenvalue weighted by Crippen LogP contribution is 2.26. The van der Waals surface area contributed by atoms with Gasteiger partial charge in [0.25, 0.3) is 10.0 Å². The Morgan fingerprint density at radius 1 is 1.20 bits per heavy atom. The average molecular weight is 311 g/mol. The summed E-state index contributed by atoms with van der Waals surface area (Å²) in [6.45, 7) is 1.91. The Balaban J connectivity index is 2.28. The lowest BCUT2D eigenvalue weighted by molar-refractivity contribution is 0.285. The van der Waals surface area contributed by atoms with Gasteiger partial charge in [0.1, 0.15) is 4.21 Å². The molecule has 0 radical (unpaired) electrons. The van der Waals surface area contributed by atoms with E-state index in [0.29, 0.717) is 10.6 Å². The van der Waals surface area contributed by atoms with Gasteiger partial charge in [-0.2, -0.15) is 0 Å². The average Bonchev–Trinajstić information content (AvgIpc) is 2.91. The fourth-order valence-corrected chi connectivity index (χ4v) is 4.21. The summed E-state index contributed by atoms with van der Waals surface area (Å²) in [7, 11) is -3.59. The van der Waals surface area contributed by atoms with Gasteiger partial charge in [-0.1, -0.05) is 31.5 Å². The molecule has 0 aliphatic heterocycles. The Kier molecular flexibility index (Phi) is 4.80. The second kappa shape index (κ2) is 6.39. The number of sulfonamides is 1. The molecule has 2 N–H and O–H groups in total. The largest absolute Gasteiger partial charge is 0.391 e. The third kappa shape index (κ3) is 3.39. The van der Waals surface area contributed by atoms with E-state index >= 15 is 0 Å². The first-order valence-electron chi connectivity index (χ1n) is 6.37. The number of aliphatic hydroxyl groups is 1. The van der Waals surface area contributed by atoms with Crippen molar-refractivity contribution in [2.24, 2.45) is 0 Å². The fraction of sp³-hybridized carbons (Fsp3) is 0.286. The number of para-hydroxylation sites is 1. The highest BCUT2D eigenvalue weighted by molar-refractivity contribution is 7.94. The molecule has 0 aliphatic rings. The molecule has 0 spiro atoms. The summed E-state index contributed by atoms with van der Waals surface area (Å²) >= 11 is 1.08. The third-order valence-corrected chi connectivity index (χ3v) is 5.77. The van der Waals surface area contributed by atoms with Crippen molar-refractivity contribution in [2.45, 2.75) is 30.6 Å². The standard InChI is InChI=1S/C14H17NO3S2/c1-2-5-11-6-3-4-7-13(11)15-20(17,18)14-9-8-12(10-16)19-14/h3-4,6-9,15-16H,2,5,10H2,1H3. The molecule has 0 bridgehead atoms. The first-order chi connectivity index (χ1) is 9.56. The molecule has 0 atom stereocenters. The molecule has 0 amide bonds. The third-order valence-electron chi connectivity index (χ3n) is 2.84. The van der Waals surface area contributed by atoms with Crippen LogP contribution in [0.1, 0.15) is 23.8 Å². The normalized spacial score (nSPS) is 11.5. The molecule has 2 rings (SSSR count). The molecule has 6 heteroatoms. The summed E-state index contributed by atoms with van der Waals surface area (Å²) in [6.07, 6.45) is 1.78. The van der Waals surface area contributed by atoms with E-state index in [1.807, 2.05) is 18.2 Å². The summed E-state index contributed by atoms with van der Waals surface area (Å²) in [6, 6.07) is 10.5. The molecular weight excluding hydrogens is 294 g/mol. The van der Waals surface area contributed by atoms with Crippen LogP contribution in [0.25, 0.3) is 0 Å². The molecule has 2 aromatic rings. The van der Waals surface area contributed by atoms with Gasteiger partial charge >= 0.3 is 0 Å². The Morgan fingerprint density at radius 2 is 1.95 bits per heavy atom. The lowest BCUT2D eigenvalue weighted by atomic mass is 10.1. The van der Waals surface area contributed by atoms with Crippen LogP contribution in [0, 0.1) is 0 Å². The molecule has 0 unspecified atom stereocenters. The summed E-state index contributed by atoms with van der Waals surface area (Å²) in [5, 5.41) is 9.02. The van der Waals surface area contributed by atoms with E-state index in [0.717, 1.165) is 29.7 Å². The maximum Gasteiger partial charge on any atom is 0.271 e. The minimum Gasteiger partial charge on any atom is -0.391 e. The smallest absolute Gasteiger partial charge is 0.271 e. The number of anilines is 1. The predicted molar refractivity (Wildman–Crippen MR) is 81.5 cm³/mol. The summed E-state index contributed by atoms with van der Waals surface area (Å²) in [5.74, 6) is 0. The van der Waals surface area contributed by atoms with E-state index in [-0.39, 0.29) is 10.8 Å². The number of aliphatic hydroxyl groups excluding tert-OH is 1. The van der Waals surface area contributed by atoms with E-state index in [4.69, 9.17) is 5.11 Å². The number of aryl methyl sites for hydroxylation is 1. The Bertz CT molecular complexity index is 677. The van der Waals surface area contributed by atoms with Gasteiger partial charge in [0, 0.05) is 4.88 Å². The molecule has 1 aromatic carbocycles. The van der Waals surface area contributed by atoms with Crippen molar-refractivity contribution in [3.8, 4) is 0 Å². The van der Waals surface area contributed by atoms with E-state index in [1.165, 1.54) is 6.07 Å². The molecule has 1 aromatic heterocycles. The van der Waals surface area contributed by atoms with Crippen molar-refractivity contribution in [3.63, 3.8) is 0 Å². The first-order valence-corrected chi connectivity index (χ1v) is 8.67. The molecule has 0 saturated heterocycles. The van der Waals surface area contributed by atoms with Crippen molar-refractivity contribution in [3.05, 3.63) is 46.8 Å². The second-order valence-electron chi connectivity index (χ2n) is 4.39. The van der Waals surface area contributed by atoms with Crippen molar-refractivity contribution >= 4 is 27.0 Å². The van der Waals surface area contributed by atoms with Gasteiger partial charge in [-0.3, -0.25) is 4.72 Å². The van der Waals surface area contributed by atoms with Crippen LogP contribution in [0.2, 0.25) is 0 Å². The van der Waals surface area contributed by atoms with Gasteiger partial charge in [0.05, 0.1) is 12.3 Å². The summed E-state index contributed by atoms with van der Waals surface area (Å²) in [4.78, 5) is 0.632. The molecule has 108 valence electrons. The molecule has 0 fully saturated rings. The number of nitrogens with one attached hydrogen (secondary N) is 1. The molecule has 1 heterocycles. The van der Waals surface area contributed by atoms with Gasteiger partial charge in [0.15, 0.2) is 0 Å². The van der Waals surface area contributed by atoms with E-state index in [9.17, 15) is 8.42 Å². The van der Waals surface area contributed by atoms with Gasteiger partial charge < -0.3 is 5.11 Å². The highest BCUT2D eigenvalue weighted by atomic mass is 32.2. The van der Waals surface area contributed by atoms with Crippen LogP contribution in [0.5, 0.6) is 0 Å². The van der Waals surface area contributed by atoms with Crippen LogP contribution < -0.4 is 4.72 Å². The van der Waals surface area contributed by atoms with E-state index in [1.54, 1.807) is 12.1 Å². The van der Waals surface area contributed by atoms with Gasteiger partial charge in [0.2, 0.25) is 0 Å². The highest BCUT2D eigenvalue weighted by Gasteiger charge is 2.18. The lowest BCUT2D eigenvalue weighted by Crippen LogP contribution is -2.12. The second-order valence-corrected chi connectivity index (χ2v) is 7.47. The molecule has 0 saturated carbocycles. The van der Waals surface area contributed by atoms with Gasteiger partial charge in [-0.25, -0.2) is 8.42 Å². The van der Waals surface area contributed by atoms with E-state index < -0.39 is 10.0 Å². The van der Waals surface area contributed by atoms with Crippen LogP contribution >= 0.6 is 11.3 Å². The van der Waals surface area contributed by atoms with Crippen molar-refractivity contribution in [2.75, 3.05) is 4.72 Å². The van der Waals surface area contributed by atoms with Crippen LogP contribution in [-0.4, -0.2) is 13.5 Å². The minimum absolute atomic E-state index is 0.146. The monoisotopic (exact) mass is 311 g/mol. The predicted octanol–water partition coefficient (Wildman–Crippen LogP) is 2.99. The summed E-state index contributed by atoms with van der Waals surface area (Å²) in [5.41, 5.74) is 1.60. The zero-order valence-corrected chi connectivity index (χ0v) is 12.8. The van der Waals surface area contributed by atoms with Crippen LogP contribution in [-0.2, 0) is 23.1 Å². The van der Waals surface area contributed by atoms with Crippen molar-refractivity contribution < 1.29 is 13.5 Å². The lowest BCUT2D eigenvalue weighted by Gasteiger charge is -2.11. The first kappa shape index (κ1) is 15.0. The number of benzene rings is 1. The van der Waals surface area contributed by atoms with Crippen LogP contribution in [0.3, 0.4) is 0 Å². The molecule has 0 aliphatic carbocycles.